The molecule has 0 radical (unpaired) electrons. The zero-order chi connectivity index (χ0) is 25.9. The second-order valence-electron chi connectivity index (χ2n) is 8.46. The molecule has 1 heterocycles. The van der Waals surface area contributed by atoms with Gasteiger partial charge in [0.15, 0.2) is 0 Å². The molecule has 0 bridgehead atoms. The van der Waals surface area contributed by atoms with Crippen LogP contribution in [0.1, 0.15) is 18.1 Å². The SMILES string of the molecule is CC1=C(C(=O)Nc2ccc(N)c(C(N)=NC(=O)Cc3ccc(N(C)C)cc3)c2)CN(N)C(=N)N1C. The van der Waals surface area contributed by atoms with Crippen molar-refractivity contribution in [3.05, 3.63) is 64.9 Å². The van der Waals surface area contributed by atoms with Crippen LogP contribution in [0.15, 0.2) is 58.7 Å². The number of nitrogen functional groups attached to an aromatic ring is 1. The van der Waals surface area contributed by atoms with Gasteiger partial charge in [-0.2, -0.15) is 4.99 Å². The summed E-state index contributed by atoms with van der Waals surface area (Å²) in [5.41, 5.74) is 16.1. The minimum absolute atomic E-state index is 0.0390. The smallest absolute Gasteiger partial charge is 0.255 e. The maximum absolute atomic E-state index is 12.9. The van der Waals surface area contributed by atoms with Gasteiger partial charge in [-0.1, -0.05) is 12.1 Å². The van der Waals surface area contributed by atoms with E-state index in [1.165, 1.54) is 9.91 Å². The molecule has 0 atom stereocenters. The van der Waals surface area contributed by atoms with Gasteiger partial charge >= 0.3 is 0 Å². The molecule has 2 aromatic rings. The predicted octanol–water partition coefficient (Wildman–Crippen LogP) is 1.08. The first-order valence-corrected chi connectivity index (χ1v) is 10.9. The van der Waals surface area contributed by atoms with E-state index in [4.69, 9.17) is 22.7 Å². The van der Waals surface area contributed by atoms with Gasteiger partial charge < -0.3 is 26.6 Å². The van der Waals surface area contributed by atoms with Crippen molar-refractivity contribution in [1.82, 2.24) is 9.91 Å². The molecule has 3 rings (SSSR count). The Hall–Kier alpha value is -4.38. The zero-order valence-electron chi connectivity index (χ0n) is 20.3. The monoisotopic (exact) mass is 477 g/mol. The van der Waals surface area contributed by atoms with E-state index in [0.29, 0.717) is 28.2 Å². The molecule has 11 nitrogen and oxygen atoms in total. The summed E-state index contributed by atoms with van der Waals surface area (Å²) < 4.78 is 0. The highest BCUT2D eigenvalue weighted by molar-refractivity contribution is 6.10. The molecule has 1 aliphatic heterocycles. The normalized spacial score (nSPS) is 14.3. The molecule has 2 aromatic carbocycles. The number of carbonyl (C=O) groups is 2. The number of nitrogens with two attached hydrogens (primary N) is 3. The Kier molecular flexibility index (Phi) is 7.40. The fourth-order valence-electron chi connectivity index (χ4n) is 3.53. The quantitative estimate of drug-likeness (QED) is 0.178. The summed E-state index contributed by atoms with van der Waals surface area (Å²) in [5.74, 6) is 5.10. The fourth-order valence-corrected chi connectivity index (χ4v) is 3.53. The number of anilines is 3. The number of allylic oxidation sites excluding steroid dienone is 1. The third kappa shape index (κ3) is 5.76. The van der Waals surface area contributed by atoms with Crippen LogP contribution < -0.4 is 27.5 Å². The average Bonchev–Trinajstić information content (AvgIpc) is 2.81. The van der Waals surface area contributed by atoms with Crippen LogP contribution in [0.25, 0.3) is 0 Å². The third-order valence-corrected chi connectivity index (χ3v) is 5.77. The largest absolute Gasteiger partial charge is 0.398 e. The van der Waals surface area contributed by atoms with Gasteiger partial charge in [0.1, 0.15) is 5.84 Å². The van der Waals surface area contributed by atoms with Crippen LogP contribution >= 0.6 is 0 Å². The van der Waals surface area contributed by atoms with E-state index >= 15 is 0 Å². The molecule has 184 valence electrons. The Bertz CT molecular complexity index is 1220. The topological polar surface area (TPSA) is 170 Å². The van der Waals surface area contributed by atoms with Gasteiger partial charge in [-0.05, 0) is 42.8 Å². The van der Waals surface area contributed by atoms with Crippen LogP contribution in [-0.4, -0.2) is 61.2 Å². The van der Waals surface area contributed by atoms with Gasteiger partial charge in [-0.25, -0.2) is 5.84 Å². The van der Waals surface area contributed by atoms with Gasteiger partial charge in [-0.3, -0.25) is 20.0 Å². The van der Waals surface area contributed by atoms with Crippen molar-refractivity contribution in [2.24, 2.45) is 16.6 Å². The first kappa shape index (κ1) is 25.2. The van der Waals surface area contributed by atoms with Crippen LogP contribution in [0.4, 0.5) is 17.1 Å². The van der Waals surface area contributed by atoms with Crippen molar-refractivity contribution in [2.75, 3.05) is 43.6 Å². The first-order chi connectivity index (χ1) is 16.5. The van der Waals surface area contributed by atoms with Gasteiger partial charge in [0, 0.05) is 49.5 Å². The highest BCUT2D eigenvalue weighted by atomic mass is 16.2. The van der Waals surface area contributed by atoms with Crippen LogP contribution in [0.3, 0.4) is 0 Å². The van der Waals surface area contributed by atoms with E-state index in [1.54, 1.807) is 32.2 Å². The first-order valence-electron chi connectivity index (χ1n) is 10.9. The molecule has 0 saturated heterocycles. The van der Waals surface area contributed by atoms with Gasteiger partial charge in [0.25, 0.3) is 11.8 Å². The Morgan fingerprint density at radius 1 is 1.17 bits per heavy atom. The number of rotatable bonds is 6. The Balaban J connectivity index is 1.76. The number of amidine groups is 1. The summed E-state index contributed by atoms with van der Waals surface area (Å²) >= 11 is 0. The minimum atomic E-state index is -0.412. The molecule has 1 aliphatic rings. The Morgan fingerprint density at radius 3 is 2.46 bits per heavy atom. The zero-order valence-corrected chi connectivity index (χ0v) is 20.3. The van der Waals surface area contributed by atoms with Crippen LogP contribution in [0.2, 0.25) is 0 Å². The van der Waals surface area contributed by atoms with E-state index in [2.05, 4.69) is 10.3 Å². The Labute approximate surface area is 204 Å². The highest BCUT2D eigenvalue weighted by Gasteiger charge is 2.27. The van der Waals surface area contributed by atoms with E-state index in [-0.39, 0.29) is 30.7 Å². The summed E-state index contributed by atoms with van der Waals surface area (Å²) in [6, 6.07) is 12.4. The number of nitrogens with one attached hydrogen (secondary N) is 2. The van der Waals surface area contributed by atoms with E-state index < -0.39 is 5.91 Å². The fraction of sp³-hybridized carbons (Fsp3) is 0.250. The molecular weight excluding hydrogens is 446 g/mol. The van der Waals surface area contributed by atoms with E-state index in [9.17, 15) is 9.59 Å². The number of aliphatic imine (C=N–C) groups is 1. The number of hydrogen-bond donors (Lipinski definition) is 5. The molecule has 35 heavy (non-hydrogen) atoms. The van der Waals surface area contributed by atoms with Gasteiger partial charge in [0.05, 0.1) is 18.5 Å². The summed E-state index contributed by atoms with van der Waals surface area (Å²) in [6.45, 7) is 1.84. The summed E-state index contributed by atoms with van der Waals surface area (Å²) in [5, 5.41) is 11.9. The number of hydrogen-bond acceptors (Lipinski definition) is 6. The number of amides is 2. The van der Waals surface area contributed by atoms with Gasteiger partial charge in [0.2, 0.25) is 5.96 Å². The second kappa shape index (κ2) is 10.3. The summed E-state index contributed by atoms with van der Waals surface area (Å²) in [4.78, 5) is 32.9. The van der Waals surface area contributed by atoms with Crippen molar-refractivity contribution in [1.29, 1.82) is 5.41 Å². The number of nitrogens with zero attached hydrogens (tertiary/aromatic N) is 4. The van der Waals surface area contributed by atoms with Crippen molar-refractivity contribution in [2.45, 2.75) is 13.3 Å². The Morgan fingerprint density at radius 2 is 1.83 bits per heavy atom. The van der Waals surface area contributed by atoms with E-state index in [0.717, 1.165) is 11.3 Å². The molecule has 8 N–H and O–H groups in total. The summed E-state index contributed by atoms with van der Waals surface area (Å²) in [7, 11) is 5.54. The number of benzene rings is 2. The molecule has 11 heteroatoms. The van der Waals surface area contributed by atoms with Crippen LogP contribution in [-0.2, 0) is 16.0 Å². The standard InChI is InChI=1S/C24H31N9O2/c1-14-19(13-33(28)24(27)32(14)4)23(35)29-16-7-10-20(25)18(12-16)22(26)30-21(34)11-15-5-8-17(9-6-15)31(2)3/h5-10,12,27H,11,13,25,28H2,1-4H3,(H,29,35)(H2,26,30,34). The lowest BCUT2D eigenvalue weighted by Gasteiger charge is -2.34. The average molecular weight is 478 g/mol. The lowest BCUT2D eigenvalue weighted by molar-refractivity contribution is -0.117. The lowest BCUT2D eigenvalue weighted by atomic mass is 10.1. The molecule has 0 unspecified atom stereocenters. The summed E-state index contributed by atoms with van der Waals surface area (Å²) in [6.07, 6.45) is 0.0935. The van der Waals surface area contributed by atoms with E-state index in [1.807, 2.05) is 43.3 Å². The van der Waals surface area contributed by atoms with Crippen LogP contribution in [0, 0.1) is 5.41 Å². The number of hydrazine groups is 1. The lowest BCUT2D eigenvalue weighted by Crippen LogP contribution is -2.51. The maximum atomic E-state index is 12.9. The number of guanidine groups is 1. The van der Waals surface area contributed by atoms with Crippen molar-refractivity contribution in [3.8, 4) is 0 Å². The highest BCUT2D eigenvalue weighted by Crippen LogP contribution is 2.21. The molecule has 0 spiro atoms. The molecule has 2 amide bonds. The molecule has 0 fully saturated rings. The molecule has 0 saturated carbocycles. The second-order valence-corrected chi connectivity index (χ2v) is 8.46. The van der Waals surface area contributed by atoms with Crippen molar-refractivity contribution >= 4 is 40.7 Å². The van der Waals surface area contributed by atoms with Gasteiger partial charge in [-0.15, -0.1) is 0 Å². The molecule has 0 aromatic heterocycles. The minimum Gasteiger partial charge on any atom is -0.398 e. The van der Waals surface area contributed by atoms with Crippen molar-refractivity contribution in [3.63, 3.8) is 0 Å². The maximum Gasteiger partial charge on any atom is 0.255 e. The number of carbonyl (C=O) groups excluding carboxylic acids is 2. The van der Waals surface area contributed by atoms with Crippen molar-refractivity contribution < 1.29 is 9.59 Å². The molecular formula is C24H31N9O2. The predicted molar refractivity (Wildman–Crippen MR) is 139 cm³/mol. The third-order valence-electron chi connectivity index (χ3n) is 5.77. The van der Waals surface area contributed by atoms with Crippen LogP contribution in [0.5, 0.6) is 0 Å². The molecule has 0 aliphatic carbocycles.